The maximum Gasteiger partial charge on any atom is 0.334 e. The number of benzene rings is 6. The Hall–Kier alpha value is -5.56. The first-order valence-corrected chi connectivity index (χ1v) is 21.6. The van der Waals surface area contributed by atoms with Gasteiger partial charge in [0.25, 0.3) is 0 Å². The summed E-state index contributed by atoms with van der Waals surface area (Å²) in [6.07, 6.45) is -8.14. The fourth-order valence-electron chi connectivity index (χ4n) is 10.2. The highest BCUT2D eigenvalue weighted by atomic mass is 31.1. The van der Waals surface area contributed by atoms with Crippen LogP contribution < -0.4 is 32.5 Å². The third kappa shape index (κ3) is 7.50. The SMILES string of the molecule is Cc1cc(C)c([PH+](c2c(C)cc(C)cc2C)[C@@H]2CB(c3c(F)c(F)c(F)c(F)c3F)O[C@H]2[B-](c2c(F)c(F)c(F)c(F)c2F)(c2c(F)c(F)c(F)c(F)c2F)c2c(F)c(F)c(F)c(F)c2F)c(C)c1. The summed E-state index contributed by atoms with van der Waals surface area (Å²) < 4.78 is 324. The molecule has 0 bridgehead atoms. The number of rotatable bonds is 8. The molecule has 1 aliphatic rings. The molecule has 6 aromatic rings. The lowest BCUT2D eigenvalue weighted by atomic mass is 9.12. The third-order valence-electron chi connectivity index (χ3n) is 12.6. The zero-order chi connectivity index (χ0) is 51.5. The van der Waals surface area contributed by atoms with Crippen molar-refractivity contribution in [2.45, 2.75) is 59.5 Å². The van der Waals surface area contributed by atoms with Crippen LogP contribution in [0.4, 0.5) is 87.8 Å². The third-order valence-corrected chi connectivity index (χ3v) is 16.6. The van der Waals surface area contributed by atoms with Gasteiger partial charge in [0.2, 0.25) is 0 Å². The Morgan fingerprint density at radius 1 is 0.377 bits per heavy atom. The molecule has 1 fully saturated rings. The molecule has 6 aromatic carbocycles. The molecule has 7 rings (SSSR count). The summed E-state index contributed by atoms with van der Waals surface area (Å²) in [5.41, 5.74) is -12.3. The molecule has 0 unspecified atom stereocenters. The van der Waals surface area contributed by atoms with E-state index in [1.807, 2.05) is 0 Å². The number of aryl methyl sites for hydroxylation is 6. The van der Waals surface area contributed by atoms with Gasteiger partial charge in [-0.25, -0.2) is 87.8 Å². The summed E-state index contributed by atoms with van der Waals surface area (Å²) >= 11 is 0. The monoisotopic (exact) mass is 1020 g/mol. The van der Waals surface area contributed by atoms with Gasteiger partial charge >= 0.3 is 6.92 Å². The van der Waals surface area contributed by atoms with E-state index in [9.17, 15) is 17.6 Å². The van der Waals surface area contributed by atoms with Crippen LogP contribution in [-0.4, -0.2) is 24.7 Å². The molecule has 1 heterocycles. The highest BCUT2D eigenvalue weighted by Gasteiger charge is 2.62. The van der Waals surface area contributed by atoms with E-state index in [0.29, 0.717) is 11.1 Å². The van der Waals surface area contributed by atoms with Gasteiger partial charge < -0.3 is 4.65 Å². The molecule has 1 nitrogen and oxygen atoms in total. The van der Waals surface area contributed by atoms with E-state index < -0.39 is 177 Å². The molecule has 0 N–H and O–H groups in total. The summed E-state index contributed by atoms with van der Waals surface area (Å²) in [7, 11) is -3.67. The fourth-order valence-corrected chi connectivity index (χ4v) is 14.4. The second kappa shape index (κ2) is 18.0. The standard InChI is InChI=1S/C45H26B2F20OP/c1-12-7-14(3)43(15(4)8-12)69(44-16(5)9-13(2)10-17(44)6)18-11-46(19-23(48)31(56)39(64)32(57)24(19)49)68-45(18)47(20-25(50)33(58)40(65)34(59)26(20)51,21-27(52)35(60)41(66)36(61)28(21)53)22-29(54)37(62)42(67)38(63)30(22)55/h7-10,18,45H,11H2,1-6H3/q-1/p+1/t18-,45-/m1/s1. The molecular formula is C45H27B2F20OP. The molecule has 0 amide bonds. The van der Waals surface area contributed by atoms with Crippen LogP contribution in [0.5, 0.6) is 0 Å². The van der Waals surface area contributed by atoms with E-state index in [0.717, 1.165) is 0 Å². The molecule has 1 saturated heterocycles. The van der Waals surface area contributed by atoms with Crippen LogP contribution in [0.25, 0.3) is 0 Å². The van der Waals surface area contributed by atoms with Gasteiger partial charge in [0.15, 0.2) is 81.4 Å². The van der Waals surface area contributed by atoms with Crippen LogP contribution in [0.1, 0.15) is 33.4 Å². The molecule has 364 valence electrons. The topological polar surface area (TPSA) is 9.23 Å². The minimum absolute atomic E-state index is 0.00533. The van der Waals surface area contributed by atoms with Crippen molar-refractivity contribution in [1.29, 1.82) is 0 Å². The van der Waals surface area contributed by atoms with Gasteiger partial charge in [0.1, 0.15) is 51.7 Å². The molecule has 0 radical (unpaired) electrons. The molecule has 0 aliphatic carbocycles. The predicted octanol–water partition coefficient (Wildman–Crippen LogP) is 9.86. The number of hydrogen-bond acceptors (Lipinski definition) is 1. The Morgan fingerprint density at radius 3 is 0.870 bits per heavy atom. The smallest absolute Gasteiger partial charge is 0.334 e. The minimum Gasteiger partial charge on any atom is -0.460 e. The largest absolute Gasteiger partial charge is 0.460 e. The molecule has 0 aromatic heterocycles. The van der Waals surface area contributed by atoms with Crippen molar-refractivity contribution in [2.75, 3.05) is 0 Å². The van der Waals surface area contributed by atoms with Gasteiger partial charge in [-0.1, -0.05) is 35.4 Å². The quantitative estimate of drug-likeness (QED) is 0.0486. The van der Waals surface area contributed by atoms with Crippen LogP contribution >= 0.6 is 7.92 Å². The first kappa shape index (κ1) is 51.3. The van der Waals surface area contributed by atoms with Crippen molar-refractivity contribution in [2.24, 2.45) is 0 Å². The molecular weight excluding hydrogens is 989 g/mol. The summed E-state index contributed by atoms with van der Waals surface area (Å²) in [5.74, 6) is -63.7. The first-order valence-electron chi connectivity index (χ1n) is 20.0. The van der Waals surface area contributed by atoms with E-state index in [2.05, 4.69) is 0 Å². The number of hydrogen-bond donors (Lipinski definition) is 0. The van der Waals surface area contributed by atoms with Crippen LogP contribution in [0, 0.1) is 158 Å². The van der Waals surface area contributed by atoms with Gasteiger partial charge in [-0.05, 0) is 76.1 Å². The normalized spacial score (nSPS) is 15.4. The lowest BCUT2D eigenvalue weighted by Crippen LogP contribution is -2.80. The average molecular weight is 1020 g/mol. The van der Waals surface area contributed by atoms with Gasteiger partial charge in [-0.2, -0.15) is 0 Å². The zero-order valence-corrected chi connectivity index (χ0v) is 36.8. The summed E-state index contributed by atoms with van der Waals surface area (Å²) in [6, 6.07) is 2.10. The lowest BCUT2D eigenvalue weighted by molar-refractivity contribution is 0.309. The molecule has 0 saturated carbocycles. The zero-order valence-electron chi connectivity index (χ0n) is 35.8. The van der Waals surface area contributed by atoms with Crippen molar-refractivity contribution in [3.05, 3.63) is 174 Å². The van der Waals surface area contributed by atoms with E-state index in [-0.39, 0.29) is 32.9 Å². The Morgan fingerprint density at radius 2 is 0.609 bits per heavy atom. The van der Waals surface area contributed by atoms with Gasteiger partial charge in [-0.3, -0.25) is 0 Å². The summed E-state index contributed by atoms with van der Waals surface area (Å²) in [5, 5.41) is -0.0107. The van der Waals surface area contributed by atoms with Crippen LogP contribution in [0.15, 0.2) is 24.3 Å². The lowest BCUT2D eigenvalue weighted by Gasteiger charge is -2.50. The van der Waals surface area contributed by atoms with Crippen LogP contribution in [-0.2, 0) is 4.65 Å². The van der Waals surface area contributed by atoms with Gasteiger partial charge in [-0.15, -0.1) is 16.4 Å². The minimum atomic E-state index is -6.64. The van der Waals surface area contributed by atoms with Crippen molar-refractivity contribution in [3.63, 3.8) is 0 Å². The predicted molar refractivity (Wildman–Crippen MR) is 217 cm³/mol. The Bertz CT molecular complexity index is 2810. The van der Waals surface area contributed by atoms with E-state index in [1.165, 1.54) is 52.0 Å². The van der Waals surface area contributed by atoms with Crippen LogP contribution in [0.3, 0.4) is 0 Å². The molecule has 0 spiro atoms. The van der Waals surface area contributed by atoms with Crippen molar-refractivity contribution < 1.29 is 92.5 Å². The summed E-state index contributed by atoms with van der Waals surface area (Å²) in [6.45, 7) is 5.59. The highest BCUT2D eigenvalue weighted by Crippen LogP contribution is 2.53. The Balaban J connectivity index is 1.88. The molecule has 2 atom stereocenters. The highest BCUT2D eigenvalue weighted by molar-refractivity contribution is 7.74. The Labute approximate surface area is 378 Å². The maximum absolute atomic E-state index is 17.0. The van der Waals surface area contributed by atoms with E-state index in [1.54, 1.807) is 13.8 Å². The van der Waals surface area contributed by atoms with E-state index >= 15 is 70.2 Å². The van der Waals surface area contributed by atoms with Gasteiger partial charge in [0, 0.05) is 5.46 Å². The molecule has 24 heteroatoms. The second-order valence-electron chi connectivity index (χ2n) is 16.8. The fraction of sp³-hybridized carbons (Fsp3) is 0.200. The van der Waals surface area contributed by atoms with E-state index in [4.69, 9.17) is 4.65 Å². The molecule has 69 heavy (non-hydrogen) atoms. The van der Waals surface area contributed by atoms with Gasteiger partial charge in [0.05, 0.1) is 13.6 Å². The van der Waals surface area contributed by atoms with Crippen molar-refractivity contribution in [3.8, 4) is 0 Å². The average Bonchev–Trinajstić information content (AvgIpc) is 3.72. The maximum atomic E-state index is 17.0. The summed E-state index contributed by atoms with van der Waals surface area (Å²) in [4.78, 5) is 0. The molecule has 1 aliphatic heterocycles. The van der Waals surface area contributed by atoms with Crippen LogP contribution in [0.2, 0.25) is 6.32 Å². The van der Waals surface area contributed by atoms with Crippen molar-refractivity contribution >= 4 is 53.4 Å². The first-order chi connectivity index (χ1) is 32.1. The van der Waals surface area contributed by atoms with Crippen molar-refractivity contribution in [1.82, 2.24) is 0 Å². The second-order valence-corrected chi connectivity index (χ2v) is 19.3. The Kier molecular flexibility index (Phi) is 13.4. The number of halogens is 20.